The van der Waals surface area contributed by atoms with Crippen molar-refractivity contribution in [1.29, 1.82) is 0 Å². The number of hydrogen-bond donors (Lipinski definition) is 0. The van der Waals surface area contributed by atoms with E-state index in [1.54, 1.807) is 14.2 Å². The molecule has 0 spiro atoms. The molecule has 4 rings (SSSR count). The van der Waals surface area contributed by atoms with Crippen LogP contribution in [0.25, 0.3) is 11.1 Å². The number of benzene rings is 4. The molecule has 0 atom stereocenters. The first-order valence-corrected chi connectivity index (χ1v) is 10.8. The largest absolute Gasteiger partial charge is 0.497 e. The summed E-state index contributed by atoms with van der Waals surface area (Å²) in [6.45, 7) is 4.28. The molecule has 0 aliphatic carbocycles. The molecule has 0 aromatic heterocycles. The Morgan fingerprint density at radius 2 is 0.938 bits per heavy atom. The van der Waals surface area contributed by atoms with Gasteiger partial charge < -0.3 is 9.47 Å². The molecule has 0 saturated carbocycles. The lowest BCUT2D eigenvalue weighted by Crippen LogP contribution is -1.99. The maximum atomic E-state index is 5.42. The van der Waals surface area contributed by atoms with E-state index in [-0.39, 0.29) is 0 Å². The minimum absolute atomic E-state index is 0.846. The van der Waals surface area contributed by atoms with Gasteiger partial charge in [-0.3, -0.25) is 0 Å². The molecule has 0 aliphatic rings. The summed E-state index contributed by atoms with van der Waals surface area (Å²) in [4.78, 5) is 0. The predicted octanol–water partition coefficient (Wildman–Crippen LogP) is 7.33. The van der Waals surface area contributed by atoms with Crippen LogP contribution in [0.5, 0.6) is 11.5 Å². The Balaban J connectivity index is 2.08. The van der Waals surface area contributed by atoms with Gasteiger partial charge in [-0.1, -0.05) is 78.4 Å². The Labute approximate surface area is 190 Å². The molecule has 2 nitrogen and oxygen atoms in total. The normalized spacial score (nSPS) is 11.6. The Kier molecular flexibility index (Phi) is 6.42. The lowest BCUT2D eigenvalue weighted by Gasteiger charge is -2.20. The summed E-state index contributed by atoms with van der Waals surface area (Å²) < 4.78 is 10.8. The van der Waals surface area contributed by atoms with E-state index in [0.717, 1.165) is 22.6 Å². The minimum Gasteiger partial charge on any atom is -0.497 e. The number of hydrogen-bond acceptors (Lipinski definition) is 2. The van der Waals surface area contributed by atoms with Crippen molar-refractivity contribution < 1.29 is 9.47 Å². The third-order valence-corrected chi connectivity index (χ3v) is 5.76. The second-order valence-electron chi connectivity index (χ2n) is 7.89. The SMILES string of the molecule is COc1ccc(/C(=C(/c2ccc(OC)cc2)c2ccccc2C)c2ccc(C)cc2)cc1. The van der Waals surface area contributed by atoms with Crippen molar-refractivity contribution >= 4 is 11.1 Å². The van der Waals surface area contributed by atoms with E-state index in [1.165, 1.54) is 33.4 Å². The van der Waals surface area contributed by atoms with Crippen molar-refractivity contribution in [3.8, 4) is 11.5 Å². The van der Waals surface area contributed by atoms with Gasteiger partial charge in [-0.05, 0) is 77.1 Å². The molecule has 0 heterocycles. The van der Waals surface area contributed by atoms with E-state index in [9.17, 15) is 0 Å². The molecule has 0 fully saturated rings. The smallest absolute Gasteiger partial charge is 0.118 e. The third kappa shape index (κ3) is 4.45. The molecule has 0 unspecified atom stereocenters. The predicted molar refractivity (Wildman–Crippen MR) is 133 cm³/mol. The van der Waals surface area contributed by atoms with Crippen molar-refractivity contribution in [2.45, 2.75) is 13.8 Å². The molecular weight excluding hydrogens is 392 g/mol. The molecule has 0 amide bonds. The second-order valence-corrected chi connectivity index (χ2v) is 7.89. The van der Waals surface area contributed by atoms with Gasteiger partial charge in [0, 0.05) is 0 Å². The van der Waals surface area contributed by atoms with E-state index in [1.807, 2.05) is 24.3 Å². The van der Waals surface area contributed by atoms with Crippen LogP contribution >= 0.6 is 0 Å². The minimum atomic E-state index is 0.846. The van der Waals surface area contributed by atoms with Crippen molar-refractivity contribution in [3.05, 3.63) is 130 Å². The lowest BCUT2D eigenvalue weighted by atomic mass is 9.84. The van der Waals surface area contributed by atoms with E-state index < -0.39 is 0 Å². The Hall–Kier alpha value is -3.78. The molecule has 0 saturated heterocycles. The first-order valence-electron chi connectivity index (χ1n) is 10.8. The summed E-state index contributed by atoms with van der Waals surface area (Å²) >= 11 is 0. The quantitative estimate of drug-likeness (QED) is 0.304. The molecule has 0 bridgehead atoms. The standard InChI is InChI=1S/C30H28O2/c1-21-9-11-23(12-10-21)29(24-13-17-26(31-3)18-14-24)30(28-8-6-5-7-22(28)2)25-15-19-27(32-4)20-16-25/h5-20H,1-4H3/b30-29-. The van der Waals surface area contributed by atoms with Gasteiger partial charge in [0.2, 0.25) is 0 Å². The molecule has 0 N–H and O–H groups in total. The average Bonchev–Trinajstić information content (AvgIpc) is 2.84. The maximum absolute atomic E-state index is 5.42. The van der Waals surface area contributed by atoms with Crippen LogP contribution < -0.4 is 9.47 Å². The van der Waals surface area contributed by atoms with E-state index in [0.29, 0.717) is 0 Å². The fourth-order valence-corrected chi connectivity index (χ4v) is 3.98. The van der Waals surface area contributed by atoms with E-state index in [4.69, 9.17) is 9.47 Å². The van der Waals surface area contributed by atoms with Crippen molar-refractivity contribution in [3.63, 3.8) is 0 Å². The van der Waals surface area contributed by atoms with Crippen LogP contribution in [0.2, 0.25) is 0 Å². The van der Waals surface area contributed by atoms with Gasteiger partial charge in [-0.2, -0.15) is 0 Å². The van der Waals surface area contributed by atoms with Crippen molar-refractivity contribution in [2.75, 3.05) is 14.2 Å². The molecule has 0 radical (unpaired) electrons. The third-order valence-electron chi connectivity index (χ3n) is 5.76. The summed E-state index contributed by atoms with van der Waals surface area (Å²) in [6.07, 6.45) is 0. The molecule has 160 valence electrons. The lowest BCUT2D eigenvalue weighted by molar-refractivity contribution is 0.414. The topological polar surface area (TPSA) is 18.5 Å². The Morgan fingerprint density at radius 1 is 0.500 bits per heavy atom. The van der Waals surface area contributed by atoms with Gasteiger partial charge in [0.25, 0.3) is 0 Å². The van der Waals surface area contributed by atoms with Crippen LogP contribution in [-0.2, 0) is 0 Å². The highest BCUT2D eigenvalue weighted by Crippen LogP contribution is 2.39. The Morgan fingerprint density at radius 3 is 1.41 bits per heavy atom. The first-order chi connectivity index (χ1) is 15.6. The zero-order valence-electron chi connectivity index (χ0n) is 19.1. The van der Waals surface area contributed by atoms with Crippen LogP contribution in [0.15, 0.2) is 97.1 Å². The summed E-state index contributed by atoms with van der Waals surface area (Å²) in [6, 6.07) is 33.9. The van der Waals surface area contributed by atoms with Crippen LogP contribution in [0.3, 0.4) is 0 Å². The van der Waals surface area contributed by atoms with Gasteiger partial charge in [0.05, 0.1) is 14.2 Å². The van der Waals surface area contributed by atoms with Gasteiger partial charge in [0.15, 0.2) is 0 Å². The zero-order chi connectivity index (χ0) is 22.5. The van der Waals surface area contributed by atoms with Crippen LogP contribution in [0, 0.1) is 13.8 Å². The average molecular weight is 421 g/mol. The summed E-state index contributed by atoms with van der Waals surface area (Å²) in [7, 11) is 3.39. The van der Waals surface area contributed by atoms with Crippen molar-refractivity contribution in [2.24, 2.45) is 0 Å². The van der Waals surface area contributed by atoms with Gasteiger partial charge in [0.1, 0.15) is 11.5 Å². The fraction of sp³-hybridized carbons (Fsp3) is 0.133. The molecule has 2 heteroatoms. The van der Waals surface area contributed by atoms with Crippen LogP contribution in [-0.4, -0.2) is 14.2 Å². The zero-order valence-corrected chi connectivity index (χ0v) is 19.1. The van der Waals surface area contributed by atoms with E-state index >= 15 is 0 Å². The molecule has 0 aliphatic heterocycles. The highest BCUT2D eigenvalue weighted by molar-refractivity contribution is 6.05. The Bertz CT molecular complexity index is 1220. The van der Waals surface area contributed by atoms with Gasteiger partial charge in [-0.15, -0.1) is 0 Å². The number of rotatable bonds is 6. The molecule has 4 aromatic rings. The number of methoxy groups -OCH3 is 2. The van der Waals surface area contributed by atoms with Gasteiger partial charge >= 0.3 is 0 Å². The van der Waals surface area contributed by atoms with Gasteiger partial charge in [-0.25, -0.2) is 0 Å². The molecule has 32 heavy (non-hydrogen) atoms. The number of ether oxygens (including phenoxy) is 2. The highest BCUT2D eigenvalue weighted by Gasteiger charge is 2.18. The fourth-order valence-electron chi connectivity index (χ4n) is 3.98. The highest BCUT2D eigenvalue weighted by atomic mass is 16.5. The first kappa shape index (κ1) is 21.5. The molecule has 4 aromatic carbocycles. The van der Waals surface area contributed by atoms with Crippen LogP contribution in [0.4, 0.5) is 0 Å². The van der Waals surface area contributed by atoms with Crippen LogP contribution in [0.1, 0.15) is 33.4 Å². The second kappa shape index (κ2) is 9.57. The summed E-state index contributed by atoms with van der Waals surface area (Å²) in [5, 5.41) is 0. The van der Waals surface area contributed by atoms with E-state index in [2.05, 4.69) is 86.6 Å². The van der Waals surface area contributed by atoms with Crippen molar-refractivity contribution in [1.82, 2.24) is 0 Å². The summed E-state index contributed by atoms with van der Waals surface area (Å²) in [5.74, 6) is 1.69. The maximum Gasteiger partial charge on any atom is 0.118 e. The number of aryl methyl sites for hydroxylation is 2. The monoisotopic (exact) mass is 420 g/mol. The summed E-state index contributed by atoms with van der Waals surface area (Å²) in [5.41, 5.74) is 9.53. The molecular formula is C30H28O2.